The van der Waals surface area contributed by atoms with Crippen LogP contribution in [0.15, 0.2) is 72.8 Å². The molecule has 0 saturated carbocycles. The number of benzene rings is 4. The molecule has 4 rings (SSSR count). The summed E-state index contributed by atoms with van der Waals surface area (Å²) in [6, 6.07) is 23.0. The minimum absolute atomic E-state index is 0.778. The van der Waals surface area contributed by atoms with Gasteiger partial charge in [0.05, 0.1) is 0 Å². The van der Waals surface area contributed by atoms with Crippen LogP contribution in [0.25, 0.3) is 21.5 Å². The molecule has 0 spiro atoms. The third kappa shape index (κ3) is 2.90. The van der Waals surface area contributed by atoms with Gasteiger partial charge in [-0.3, -0.25) is 0 Å². The van der Waals surface area contributed by atoms with E-state index in [1.807, 2.05) is 72.8 Å². The number of hydrogen-bond donors (Lipinski definition) is 4. The summed E-state index contributed by atoms with van der Waals surface area (Å²) in [4.78, 5) is 0. The highest BCUT2D eigenvalue weighted by molar-refractivity contribution is 6.00. The van der Waals surface area contributed by atoms with E-state index >= 15 is 0 Å². The number of rotatable bonds is 0. The average molecular weight is 316 g/mol. The molecule has 0 aliphatic carbocycles. The van der Waals surface area contributed by atoms with E-state index in [-0.39, 0.29) is 0 Å². The van der Waals surface area contributed by atoms with Gasteiger partial charge < -0.3 is 22.9 Å². The Morgan fingerprint density at radius 1 is 0.333 bits per heavy atom. The van der Waals surface area contributed by atoms with Crippen molar-refractivity contribution in [3.05, 3.63) is 72.8 Å². The molecular formula is C20H20N4. The van der Waals surface area contributed by atoms with Crippen LogP contribution >= 0.6 is 0 Å². The fraction of sp³-hybridized carbons (Fsp3) is 0. The predicted octanol–water partition coefficient (Wildman–Crippen LogP) is 4.01. The van der Waals surface area contributed by atoms with Gasteiger partial charge in [-0.2, -0.15) is 0 Å². The summed E-state index contributed by atoms with van der Waals surface area (Å²) in [5.41, 5.74) is 26.2. The van der Waals surface area contributed by atoms with Crippen LogP contribution in [0.3, 0.4) is 0 Å². The molecule has 4 aromatic carbocycles. The van der Waals surface area contributed by atoms with Gasteiger partial charge in [-0.15, -0.1) is 0 Å². The predicted molar refractivity (Wildman–Crippen MR) is 106 cm³/mol. The van der Waals surface area contributed by atoms with E-state index in [0.717, 1.165) is 44.3 Å². The van der Waals surface area contributed by atoms with Gasteiger partial charge in [0, 0.05) is 44.3 Å². The zero-order valence-corrected chi connectivity index (χ0v) is 13.2. The number of nitrogens with two attached hydrogens (primary N) is 4. The van der Waals surface area contributed by atoms with Gasteiger partial charge >= 0.3 is 0 Å². The molecule has 0 amide bonds. The summed E-state index contributed by atoms with van der Waals surface area (Å²) < 4.78 is 0. The van der Waals surface area contributed by atoms with Crippen LogP contribution in [0.4, 0.5) is 22.7 Å². The first-order chi connectivity index (χ1) is 11.6. The summed E-state index contributed by atoms with van der Waals surface area (Å²) in [5.74, 6) is 0. The van der Waals surface area contributed by atoms with Gasteiger partial charge in [0.25, 0.3) is 0 Å². The molecular weight excluding hydrogens is 296 g/mol. The van der Waals surface area contributed by atoms with Crippen LogP contribution in [0.2, 0.25) is 0 Å². The summed E-state index contributed by atoms with van der Waals surface area (Å²) in [6.07, 6.45) is 0. The lowest BCUT2D eigenvalue weighted by Gasteiger charge is -2.03. The van der Waals surface area contributed by atoms with E-state index in [4.69, 9.17) is 22.9 Å². The first-order valence-corrected chi connectivity index (χ1v) is 7.63. The molecule has 0 aliphatic heterocycles. The molecule has 8 N–H and O–H groups in total. The Morgan fingerprint density at radius 3 is 0.750 bits per heavy atom. The smallest absolute Gasteiger partial charge is 0.0394 e. The summed E-state index contributed by atoms with van der Waals surface area (Å²) in [5, 5.41) is 4.10. The van der Waals surface area contributed by atoms with Crippen molar-refractivity contribution in [2.45, 2.75) is 0 Å². The molecule has 0 aliphatic rings. The van der Waals surface area contributed by atoms with Crippen molar-refractivity contribution in [2.75, 3.05) is 22.9 Å². The van der Waals surface area contributed by atoms with Crippen molar-refractivity contribution in [1.82, 2.24) is 0 Å². The molecule has 0 fully saturated rings. The lowest BCUT2D eigenvalue weighted by atomic mass is 10.1. The second kappa shape index (κ2) is 6.38. The first kappa shape index (κ1) is 15.5. The van der Waals surface area contributed by atoms with Gasteiger partial charge in [0.1, 0.15) is 0 Å². The van der Waals surface area contributed by atoms with Crippen molar-refractivity contribution < 1.29 is 0 Å². The van der Waals surface area contributed by atoms with Gasteiger partial charge in [-0.1, -0.05) is 48.5 Å². The number of nitrogen functional groups attached to an aromatic ring is 4. The molecule has 0 aromatic heterocycles. The Kier molecular flexibility index (Phi) is 4.12. The Labute approximate surface area is 140 Å². The van der Waals surface area contributed by atoms with Crippen LogP contribution < -0.4 is 22.9 Å². The SMILES string of the molecule is Nc1cccc2c(N)cccc12.Nc1cccc2c(N)cccc12. The monoisotopic (exact) mass is 316 g/mol. The largest absolute Gasteiger partial charge is 0.398 e. The quantitative estimate of drug-likeness (QED) is 0.368. The summed E-state index contributed by atoms with van der Waals surface area (Å²) >= 11 is 0. The van der Waals surface area contributed by atoms with Gasteiger partial charge in [0.2, 0.25) is 0 Å². The molecule has 4 aromatic rings. The first-order valence-electron chi connectivity index (χ1n) is 7.63. The lowest BCUT2D eigenvalue weighted by molar-refractivity contribution is 1.71. The van der Waals surface area contributed by atoms with Crippen molar-refractivity contribution in [1.29, 1.82) is 0 Å². The zero-order valence-electron chi connectivity index (χ0n) is 13.2. The molecule has 0 radical (unpaired) electrons. The van der Waals surface area contributed by atoms with Gasteiger partial charge in [-0.05, 0) is 24.3 Å². The molecule has 4 heteroatoms. The minimum atomic E-state index is 0.778. The maximum Gasteiger partial charge on any atom is 0.0394 e. The van der Waals surface area contributed by atoms with Crippen molar-refractivity contribution >= 4 is 44.3 Å². The van der Waals surface area contributed by atoms with Crippen LogP contribution in [0, 0.1) is 0 Å². The van der Waals surface area contributed by atoms with E-state index in [9.17, 15) is 0 Å². The molecule has 0 bridgehead atoms. The molecule has 0 saturated heterocycles. The highest BCUT2D eigenvalue weighted by Crippen LogP contribution is 2.25. The average Bonchev–Trinajstić information content (AvgIpc) is 2.58. The molecule has 0 unspecified atom stereocenters. The van der Waals surface area contributed by atoms with E-state index in [1.165, 1.54) is 0 Å². The Morgan fingerprint density at radius 2 is 0.542 bits per heavy atom. The van der Waals surface area contributed by atoms with Crippen LogP contribution in [0.1, 0.15) is 0 Å². The fourth-order valence-electron chi connectivity index (χ4n) is 2.72. The summed E-state index contributed by atoms with van der Waals surface area (Å²) in [6.45, 7) is 0. The number of anilines is 4. The third-order valence-electron chi connectivity index (χ3n) is 3.98. The third-order valence-corrected chi connectivity index (χ3v) is 3.98. The maximum atomic E-state index is 5.77. The van der Waals surface area contributed by atoms with E-state index in [0.29, 0.717) is 0 Å². The maximum absolute atomic E-state index is 5.77. The number of hydrogen-bond acceptors (Lipinski definition) is 4. The zero-order chi connectivity index (χ0) is 17.1. The lowest BCUT2D eigenvalue weighted by Crippen LogP contribution is -1.90. The fourth-order valence-corrected chi connectivity index (χ4v) is 2.72. The Balaban J connectivity index is 0.000000141. The Bertz CT molecular complexity index is 843. The topological polar surface area (TPSA) is 104 Å². The molecule has 0 atom stereocenters. The number of fused-ring (bicyclic) bond motifs is 2. The standard InChI is InChI=1S/2C10H10N2/c2*11-9-5-1-3-7-8(9)4-2-6-10(7)12/h2*1-6H,11-12H2. The van der Waals surface area contributed by atoms with E-state index < -0.39 is 0 Å². The van der Waals surface area contributed by atoms with Crippen LogP contribution in [0.5, 0.6) is 0 Å². The second-order valence-corrected chi connectivity index (χ2v) is 5.58. The summed E-state index contributed by atoms with van der Waals surface area (Å²) in [7, 11) is 0. The molecule has 0 heterocycles. The highest BCUT2D eigenvalue weighted by Gasteiger charge is 1.99. The second-order valence-electron chi connectivity index (χ2n) is 5.58. The van der Waals surface area contributed by atoms with Crippen molar-refractivity contribution in [3.8, 4) is 0 Å². The van der Waals surface area contributed by atoms with Crippen LogP contribution in [-0.2, 0) is 0 Å². The van der Waals surface area contributed by atoms with Crippen LogP contribution in [-0.4, -0.2) is 0 Å². The molecule has 4 nitrogen and oxygen atoms in total. The molecule has 120 valence electrons. The minimum Gasteiger partial charge on any atom is -0.398 e. The van der Waals surface area contributed by atoms with Crippen molar-refractivity contribution in [2.24, 2.45) is 0 Å². The van der Waals surface area contributed by atoms with E-state index in [1.54, 1.807) is 0 Å². The van der Waals surface area contributed by atoms with E-state index in [2.05, 4.69) is 0 Å². The normalized spacial score (nSPS) is 10.3. The molecule has 24 heavy (non-hydrogen) atoms. The van der Waals surface area contributed by atoms with Gasteiger partial charge in [-0.25, -0.2) is 0 Å². The highest BCUT2D eigenvalue weighted by atomic mass is 14.6. The van der Waals surface area contributed by atoms with Gasteiger partial charge in [0.15, 0.2) is 0 Å². The Hall–Kier alpha value is -3.40. The van der Waals surface area contributed by atoms with Crippen molar-refractivity contribution in [3.63, 3.8) is 0 Å².